The molecule has 116 valence electrons. The van der Waals surface area contributed by atoms with Crippen molar-refractivity contribution in [1.82, 2.24) is 9.97 Å². The fourth-order valence-corrected chi connectivity index (χ4v) is 3.31. The van der Waals surface area contributed by atoms with Gasteiger partial charge in [0.2, 0.25) is 0 Å². The monoisotopic (exact) mass is 320 g/mol. The van der Waals surface area contributed by atoms with Gasteiger partial charge in [0, 0.05) is 35.5 Å². The molecule has 4 atom stereocenters. The van der Waals surface area contributed by atoms with Crippen molar-refractivity contribution in [1.29, 1.82) is 0 Å². The second-order valence-corrected chi connectivity index (χ2v) is 6.15. The Labute approximate surface area is 131 Å². The molecule has 1 saturated heterocycles. The molecule has 2 aromatic rings. The molecule has 6 nitrogen and oxygen atoms in total. The molecule has 3 heterocycles. The zero-order valence-electron chi connectivity index (χ0n) is 11.6. The van der Waals surface area contributed by atoms with Gasteiger partial charge in [-0.2, -0.15) is 0 Å². The summed E-state index contributed by atoms with van der Waals surface area (Å²) in [5, 5.41) is 29.2. The van der Waals surface area contributed by atoms with Crippen LogP contribution in [0.25, 0.3) is 11.1 Å². The number of aromatic nitrogens is 2. The quantitative estimate of drug-likeness (QED) is 0.765. The molecule has 0 spiro atoms. The van der Waals surface area contributed by atoms with Crippen LogP contribution in [0.5, 0.6) is 5.75 Å². The summed E-state index contributed by atoms with van der Waals surface area (Å²) in [6.45, 7) is 0. The molecule has 7 heteroatoms. The smallest absolute Gasteiger partial charge is 0.173 e. The molecule has 1 fully saturated rings. The first-order valence-corrected chi connectivity index (χ1v) is 7.88. The highest BCUT2D eigenvalue weighted by molar-refractivity contribution is 7.99. The molecular weight excluding hydrogens is 304 g/mol. The molecule has 1 aliphatic heterocycles. The van der Waals surface area contributed by atoms with E-state index >= 15 is 0 Å². The molecule has 2 aromatic heterocycles. The van der Waals surface area contributed by atoms with Crippen LogP contribution >= 0.6 is 11.8 Å². The van der Waals surface area contributed by atoms with Gasteiger partial charge in [0.05, 0.1) is 12.3 Å². The van der Waals surface area contributed by atoms with E-state index in [4.69, 9.17) is 4.74 Å². The van der Waals surface area contributed by atoms with Crippen LogP contribution in [0.4, 0.5) is 0 Å². The maximum absolute atomic E-state index is 9.97. The second kappa shape index (κ2) is 6.62. The highest BCUT2D eigenvalue weighted by Crippen LogP contribution is 2.30. The highest BCUT2D eigenvalue weighted by Gasteiger charge is 2.38. The molecule has 0 saturated carbocycles. The summed E-state index contributed by atoms with van der Waals surface area (Å²) in [6, 6.07) is 5.55. The van der Waals surface area contributed by atoms with Crippen molar-refractivity contribution >= 4 is 11.8 Å². The van der Waals surface area contributed by atoms with Crippen molar-refractivity contribution in [2.24, 2.45) is 0 Å². The molecule has 0 unspecified atom stereocenters. The van der Waals surface area contributed by atoms with Gasteiger partial charge in [-0.15, -0.1) is 11.8 Å². The standard InChI is InChI=1S/C15H16N2O4S/c18-12-8-22-15(14(20)13(12)19)21-11-4-10(6-17-7-11)9-2-1-3-16-5-9/h1-7,12-15,18-20H,8H2/t12-,13+,14-,15+/m1/s1. The molecular formula is C15H16N2O4S. The van der Waals surface area contributed by atoms with Gasteiger partial charge in [-0.1, -0.05) is 6.07 Å². The van der Waals surface area contributed by atoms with Crippen LogP contribution < -0.4 is 4.74 Å². The van der Waals surface area contributed by atoms with E-state index < -0.39 is 23.7 Å². The van der Waals surface area contributed by atoms with Crippen molar-refractivity contribution in [2.45, 2.75) is 23.7 Å². The topological polar surface area (TPSA) is 95.7 Å². The summed E-state index contributed by atoms with van der Waals surface area (Å²) in [5.41, 5.74) is 1.11. The maximum Gasteiger partial charge on any atom is 0.173 e. The molecule has 0 amide bonds. The third kappa shape index (κ3) is 3.22. The molecule has 22 heavy (non-hydrogen) atoms. The van der Waals surface area contributed by atoms with Gasteiger partial charge in [-0.25, -0.2) is 0 Å². The number of pyridine rings is 2. The largest absolute Gasteiger partial charge is 0.475 e. The molecule has 0 bridgehead atoms. The Morgan fingerprint density at radius 1 is 1.05 bits per heavy atom. The van der Waals surface area contributed by atoms with E-state index in [1.165, 1.54) is 11.8 Å². The number of hydrogen-bond acceptors (Lipinski definition) is 7. The summed E-state index contributed by atoms with van der Waals surface area (Å²) >= 11 is 1.26. The Bertz CT molecular complexity index is 628. The van der Waals surface area contributed by atoms with Crippen molar-refractivity contribution in [3.8, 4) is 16.9 Å². The fraction of sp³-hybridized carbons (Fsp3) is 0.333. The minimum Gasteiger partial charge on any atom is -0.475 e. The Hall–Kier alpha value is -1.67. The minimum absolute atomic E-state index is 0.304. The molecule has 3 N–H and O–H groups in total. The van der Waals surface area contributed by atoms with Gasteiger partial charge in [0.25, 0.3) is 0 Å². The van der Waals surface area contributed by atoms with Gasteiger partial charge in [0.1, 0.15) is 18.0 Å². The van der Waals surface area contributed by atoms with Gasteiger partial charge >= 0.3 is 0 Å². The normalized spacial score (nSPS) is 28.3. The van der Waals surface area contributed by atoms with Crippen LogP contribution in [0.3, 0.4) is 0 Å². The fourth-order valence-electron chi connectivity index (χ4n) is 2.19. The van der Waals surface area contributed by atoms with Crippen molar-refractivity contribution in [3.05, 3.63) is 43.0 Å². The third-order valence-corrected chi connectivity index (χ3v) is 4.65. The van der Waals surface area contributed by atoms with Crippen molar-refractivity contribution in [3.63, 3.8) is 0 Å². The number of thioether (sulfide) groups is 1. The van der Waals surface area contributed by atoms with Crippen LogP contribution in [-0.2, 0) is 0 Å². The summed E-state index contributed by atoms with van der Waals surface area (Å²) in [6.07, 6.45) is 3.36. The van der Waals surface area contributed by atoms with Crippen LogP contribution in [0.15, 0.2) is 43.0 Å². The lowest BCUT2D eigenvalue weighted by Crippen LogP contribution is -2.50. The van der Waals surface area contributed by atoms with E-state index in [1.54, 1.807) is 30.9 Å². The van der Waals surface area contributed by atoms with E-state index in [9.17, 15) is 15.3 Å². The van der Waals surface area contributed by atoms with Crippen LogP contribution in [-0.4, -0.2) is 54.8 Å². The first-order valence-electron chi connectivity index (χ1n) is 6.83. The molecule has 3 rings (SSSR count). The van der Waals surface area contributed by atoms with Gasteiger partial charge in [-0.05, 0) is 12.1 Å². The summed E-state index contributed by atoms with van der Waals surface area (Å²) in [4.78, 5) is 8.19. The number of nitrogens with zero attached hydrogens (tertiary/aromatic N) is 2. The molecule has 0 radical (unpaired) electrons. The van der Waals surface area contributed by atoms with E-state index in [-0.39, 0.29) is 0 Å². The lowest BCUT2D eigenvalue weighted by Gasteiger charge is -2.34. The Morgan fingerprint density at radius 3 is 2.64 bits per heavy atom. The summed E-state index contributed by atoms with van der Waals surface area (Å²) in [5.74, 6) is 0.792. The number of ether oxygens (including phenoxy) is 1. The van der Waals surface area contributed by atoms with Gasteiger partial charge < -0.3 is 20.1 Å². The van der Waals surface area contributed by atoms with Crippen LogP contribution in [0.1, 0.15) is 0 Å². The lowest BCUT2D eigenvalue weighted by molar-refractivity contribution is -0.0786. The lowest BCUT2D eigenvalue weighted by atomic mass is 10.1. The first kappa shape index (κ1) is 15.2. The molecule has 0 aromatic carbocycles. The van der Waals surface area contributed by atoms with Gasteiger partial charge in [-0.3, -0.25) is 9.97 Å². The maximum atomic E-state index is 9.97. The predicted molar refractivity (Wildman–Crippen MR) is 82.4 cm³/mol. The number of aliphatic hydroxyl groups is 3. The zero-order valence-corrected chi connectivity index (χ0v) is 12.4. The average Bonchev–Trinajstić information content (AvgIpc) is 2.57. The Balaban J connectivity index is 1.76. The third-order valence-electron chi connectivity index (χ3n) is 3.41. The first-order chi connectivity index (χ1) is 10.6. The average molecular weight is 320 g/mol. The van der Waals surface area contributed by atoms with Gasteiger partial charge in [0.15, 0.2) is 5.44 Å². The number of aliphatic hydroxyl groups excluding tert-OH is 3. The number of hydrogen-bond donors (Lipinski definition) is 3. The van der Waals surface area contributed by atoms with E-state index in [1.807, 2.05) is 12.1 Å². The zero-order chi connectivity index (χ0) is 15.5. The Kier molecular flexibility index (Phi) is 4.58. The SMILES string of the molecule is O[C@@H]1[C@@H](O)[C@@H](Oc2cncc(-c3cccnc3)c2)SC[C@H]1O. The minimum atomic E-state index is -1.21. The summed E-state index contributed by atoms with van der Waals surface area (Å²) < 4.78 is 5.71. The summed E-state index contributed by atoms with van der Waals surface area (Å²) in [7, 11) is 0. The Morgan fingerprint density at radius 2 is 1.86 bits per heavy atom. The molecule has 1 aliphatic rings. The molecule has 0 aliphatic carbocycles. The van der Waals surface area contributed by atoms with Crippen LogP contribution in [0.2, 0.25) is 0 Å². The van der Waals surface area contributed by atoms with E-state index in [0.717, 1.165) is 11.1 Å². The van der Waals surface area contributed by atoms with Crippen molar-refractivity contribution < 1.29 is 20.1 Å². The predicted octanol–water partition coefficient (Wildman–Crippen LogP) is 0.678. The second-order valence-electron chi connectivity index (χ2n) is 5.02. The van der Waals surface area contributed by atoms with E-state index in [2.05, 4.69) is 9.97 Å². The van der Waals surface area contributed by atoms with Crippen LogP contribution in [0, 0.1) is 0 Å². The number of rotatable bonds is 3. The van der Waals surface area contributed by atoms with E-state index in [0.29, 0.717) is 11.5 Å². The highest BCUT2D eigenvalue weighted by atomic mass is 32.2. The van der Waals surface area contributed by atoms with Crippen molar-refractivity contribution in [2.75, 3.05) is 5.75 Å².